The number of benzene rings is 2. The molecule has 6 nitrogen and oxygen atoms in total. The van der Waals surface area contributed by atoms with Gasteiger partial charge in [-0.05, 0) is 24.3 Å². The van der Waals surface area contributed by atoms with Crippen LogP contribution in [0.25, 0.3) is 0 Å². The normalized spacial score (nSPS) is 10.8. The molecule has 0 atom stereocenters. The lowest BCUT2D eigenvalue weighted by Gasteiger charge is -2.05. The third kappa shape index (κ3) is 10.2. The molecule has 30 heavy (non-hydrogen) atoms. The average molecular weight is 411 g/mol. The fourth-order valence-corrected chi connectivity index (χ4v) is 2.09. The van der Waals surface area contributed by atoms with Gasteiger partial charge in [0.15, 0.2) is 0 Å². The van der Waals surface area contributed by atoms with Crippen molar-refractivity contribution in [3.05, 3.63) is 72.5 Å². The molecule has 6 heteroatoms. The molecule has 0 heterocycles. The minimum absolute atomic E-state index is 0.0356. The molecule has 0 aliphatic rings. The van der Waals surface area contributed by atoms with E-state index in [1.54, 1.807) is 38.1 Å². The van der Waals surface area contributed by atoms with Gasteiger partial charge in [-0.3, -0.25) is 14.4 Å². The summed E-state index contributed by atoms with van der Waals surface area (Å²) in [6.07, 6.45) is 1.16. The molecule has 2 aromatic rings. The van der Waals surface area contributed by atoms with Crippen molar-refractivity contribution in [2.45, 2.75) is 34.1 Å². The van der Waals surface area contributed by atoms with Crippen LogP contribution in [-0.4, -0.2) is 22.7 Å². The number of hydrogen-bond donors (Lipinski definition) is 3. The van der Waals surface area contributed by atoms with Crippen LogP contribution >= 0.6 is 0 Å². The number of carbonyl (C=O) groups excluding carboxylic acids is 3. The number of rotatable bonds is 7. The monoisotopic (exact) mass is 410 g/mol. The smallest absolute Gasteiger partial charge is 0.251 e. The fraction of sp³-hybridized carbons (Fsp3) is 0.292. The predicted octanol–water partition coefficient (Wildman–Crippen LogP) is 4.96. The average Bonchev–Trinajstić information content (AvgIpc) is 2.69. The van der Waals surface area contributed by atoms with Crippen LogP contribution in [0, 0.1) is 11.8 Å². The molecular formula is C24H30N2O4. The summed E-state index contributed by atoms with van der Waals surface area (Å²) >= 11 is 0. The van der Waals surface area contributed by atoms with Crippen LogP contribution in [0.1, 0.15) is 34.1 Å². The Hall–Kier alpha value is -3.41. The number of allylic oxidation sites excluding steroid dienone is 1. The topological polar surface area (TPSA) is 95.5 Å². The summed E-state index contributed by atoms with van der Waals surface area (Å²) < 4.78 is 0. The molecule has 0 spiro atoms. The SMILES string of the molecule is CC(C)/C(O)=C/C(=O)Nc1ccccc1.CC(C)C(=O)CC(=O)Nc1ccccc1. The van der Waals surface area contributed by atoms with Gasteiger partial charge in [0, 0.05) is 29.3 Å². The lowest BCUT2D eigenvalue weighted by Crippen LogP contribution is -2.19. The largest absolute Gasteiger partial charge is 0.512 e. The third-order valence-electron chi connectivity index (χ3n) is 3.95. The molecule has 2 rings (SSSR count). The van der Waals surface area contributed by atoms with E-state index in [1.807, 2.05) is 50.2 Å². The van der Waals surface area contributed by atoms with Crippen LogP contribution in [0.3, 0.4) is 0 Å². The lowest BCUT2D eigenvalue weighted by molar-refractivity contribution is -0.127. The zero-order valence-corrected chi connectivity index (χ0v) is 17.9. The van der Waals surface area contributed by atoms with Crippen LogP contribution in [0.5, 0.6) is 0 Å². The minimum Gasteiger partial charge on any atom is -0.512 e. The van der Waals surface area contributed by atoms with Gasteiger partial charge in [0.05, 0.1) is 6.42 Å². The summed E-state index contributed by atoms with van der Waals surface area (Å²) in [5, 5.41) is 14.7. The Bertz CT molecular complexity index is 844. The maximum Gasteiger partial charge on any atom is 0.251 e. The van der Waals surface area contributed by atoms with E-state index in [0.717, 1.165) is 11.4 Å². The number of Topliss-reactive ketones (excluding diaryl/α,β-unsaturated/α-hetero) is 1. The highest BCUT2D eigenvalue weighted by Gasteiger charge is 2.12. The number of hydrogen-bond acceptors (Lipinski definition) is 4. The van der Waals surface area contributed by atoms with Crippen LogP contribution in [0.2, 0.25) is 0 Å². The number of anilines is 2. The second-order valence-electron chi connectivity index (χ2n) is 7.29. The molecule has 0 fully saturated rings. The number of ketones is 1. The van der Waals surface area contributed by atoms with Crippen LogP contribution in [0.4, 0.5) is 11.4 Å². The zero-order chi connectivity index (χ0) is 22.5. The fourth-order valence-electron chi connectivity index (χ4n) is 2.09. The first kappa shape index (κ1) is 24.6. The predicted molar refractivity (Wildman–Crippen MR) is 120 cm³/mol. The Labute approximate surface area is 178 Å². The minimum atomic E-state index is -0.313. The Balaban J connectivity index is 0.000000300. The first-order valence-corrected chi connectivity index (χ1v) is 9.83. The Morgan fingerprint density at radius 1 is 0.800 bits per heavy atom. The van der Waals surface area contributed by atoms with Gasteiger partial charge >= 0.3 is 0 Å². The van der Waals surface area contributed by atoms with Crippen LogP contribution in [-0.2, 0) is 14.4 Å². The first-order valence-electron chi connectivity index (χ1n) is 9.83. The number of amides is 2. The number of carbonyl (C=O) groups is 3. The van der Waals surface area contributed by atoms with E-state index in [1.165, 1.54) is 6.08 Å². The second-order valence-corrected chi connectivity index (χ2v) is 7.29. The van der Waals surface area contributed by atoms with Crippen molar-refractivity contribution in [1.29, 1.82) is 0 Å². The molecule has 2 amide bonds. The van der Waals surface area contributed by atoms with Gasteiger partial charge in [0.1, 0.15) is 11.5 Å². The van der Waals surface area contributed by atoms with Gasteiger partial charge < -0.3 is 15.7 Å². The Morgan fingerprint density at radius 2 is 1.27 bits per heavy atom. The molecule has 0 aliphatic heterocycles. The highest BCUT2D eigenvalue weighted by atomic mass is 16.3. The first-order chi connectivity index (χ1) is 14.2. The molecule has 0 saturated heterocycles. The van der Waals surface area contributed by atoms with Crippen molar-refractivity contribution in [1.82, 2.24) is 0 Å². The van der Waals surface area contributed by atoms with Crippen molar-refractivity contribution in [3.8, 4) is 0 Å². The van der Waals surface area contributed by atoms with Gasteiger partial charge in [-0.15, -0.1) is 0 Å². The molecule has 0 radical (unpaired) electrons. The van der Waals surface area contributed by atoms with Gasteiger partial charge in [-0.25, -0.2) is 0 Å². The summed E-state index contributed by atoms with van der Waals surface area (Å²) in [6, 6.07) is 18.2. The van der Waals surface area contributed by atoms with E-state index in [2.05, 4.69) is 10.6 Å². The lowest BCUT2D eigenvalue weighted by atomic mass is 10.1. The van der Waals surface area contributed by atoms with E-state index in [-0.39, 0.29) is 41.6 Å². The van der Waals surface area contributed by atoms with Crippen molar-refractivity contribution < 1.29 is 19.5 Å². The van der Waals surface area contributed by atoms with Gasteiger partial charge in [0.25, 0.3) is 5.91 Å². The second kappa shape index (κ2) is 12.9. The van der Waals surface area contributed by atoms with Crippen molar-refractivity contribution in [2.24, 2.45) is 11.8 Å². The number of nitrogens with one attached hydrogen (secondary N) is 2. The summed E-state index contributed by atoms with van der Waals surface area (Å²) in [5.74, 6) is -0.641. The standard InChI is InChI=1S/2C12H15NO2/c2*1-9(2)11(14)8-12(15)13-10-6-4-3-5-7-10/h3-7,9H,8H2,1-2H3,(H,13,15);3-9,14H,1-2H3,(H,13,15)/b;11-8-. The zero-order valence-electron chi connectivity index (χ0n) is 17.9. The summed E-state index contributed by atoms with van der Waals surface area (Å²) in [4.78, 5) is 34.1. The molecule has 0 aliphatic carbocycles. The molecule has 0 bridgehead atoms. The number of aliphatic hydroxyl groups is 1. The summed E-state index contributed by atoms with van der Waals surface area (Å²) in [5.41, 5.74) is 1.44. The maximum atomic E-state index is 11.4. The van der Waals surface area contributed by atoms with E-state index < -0.39 is 0 Å². The van der Waals surface area contributed by atoms with E-state index in [4.69, 9.17) is 0 Å². The Morgan fingerprint density at radius 3 is 1.70 bits per heavy atom. The maximum absolute atomic E-state index is 11.4. The molecule has 0 unspecified atom stereocenters. The van der Waals surface area contributed by atoms with Crippen molar-refractivity contribution in [2.75, 3.05) is 10.6 Å². The Kier molecular flexibility index (Phi) is 10.6. The van der Waals surface area contributed by atoms with Gasteiger partial charge in [0.2, 0.25) is 5.91 Å². The number of para-hydroxylation sites is 2. The quantitative estimate of drug-likeness (QED) is 0.341. The van der Waals surface area contributed by atoms with E-state index >= 15 is 0 Å². The molecule has 0 aromatic heterocycles. The van der Waals surface area contributed by atoms with Crippen molar-refractivity contribution in [3.63, 3.8) is 0 Å². The van der Waals surface area contributed by atoms with E-state index in [0.29, 0.717) is 0 Å². The molecule has 160 valence electrons. The molecular weight excluding hydrogens is 380 g/mol. The van der Waals surface area contributed by atoms with Gasteiger partial charge in [-0.2, -0.15) is 0 Å². The summed E-state index contributed by atoms with van der Waals surface area (Å²) in [7, 11) is 0. The van der Waals surface area contributed by atoms with Crippen LogP contribution in [0.15, 0.2) is 72.5 Å². The van der Waals surface area contributed by atoms with Crippen LogP contribution < -0.4 is 10.6 Å². The van der Waals surface area contributed by atoms with Gasteiger partial charge in [-0.1, -0.05) is 64.1 Å². The number of aliphatic hydroxyl groups excluding tert-OH is 1. The highest BCUT2D eigenvalue weighted by Crippen LogP contribution is 2.08. The molecule has 2 aromatic carbocycles. The van der Waals surface area contributed by atoms with E-state index in [9.17, 15) is 19.5 Å². The summed E-state index contributed by atoms with van der Waals surface area (Å²) in [6.45, 7) is 7.22. The highest BCUT2D eigenvalue weighted by molar-refractivity contribution is 6.04. The van der Waals surface area contributed by atoms with Crippen molar-refractivity contribution >= 4 is 29.0 Å². The molecule has 0 saturated carbocycles. The molecule has 3 N–H and O–H groups in total. The third-order valence-corrected chi connectivity index (χ3v) is 3.95.